The van der Waals surface area contributed by atoms with Crippen LogP contribution in [0.3, 0.4) is 0 Å². The van der Waals surface area contributed by atoms with Gasteiger partial charge in [-0.15, -0.1) is 0 Å². The van der Waals surface area contributed by atoms with Gasteiger partial charge in [0.1, 0.15) is 6.04 Å². The van der Waals surface area contributed by atoms with E-state index >= 15 is 0 Å². The molecule has 0 aliphatic carbocycles. The van der Waals surface area contributed by atoms with Crippen molar-refractivity contribution in [1.82, 2.24) is 9.78 Å². The van der Waals surface area contributed by atoms with Crippen molar-refractivity contribution in [2.75, 3.05) is 12.4 Å². The number of hydrogen-bond donors (Lipinski definition) is 2. The van der Waals surface area contributed by atoms with Crippen LogP contribution in [-0.2, 0) is 23.2 Å². The fraction of sp³-hybridized carbons (Fsp3) is 0.286. The first-order valence-electron chi connectivity index (χ1n) is 6.34. The molecule has 1 amide bonds. The molecular formula is C14H17BrN4O2. The van der Waals surface area contributed by atoms with Crippen molar-refractivity contribution in [2.45, 2.75) is 12.6 Å². The third-order valence-corrected chi connectivity index (χ3v) is 3.77. The Kier molecular flexibility index (Phi) is 5.11. The van der Waals surface area contributed by atoms with Crippen molar-refractivity contribution in [1.29, 1.82) is 0 Å². The van der Waals surface area contributed by atoms with Gasteiger partial charge in [-0.2, -0.15) is 5.10 Å². The second-order valence-electron chi connectivity index (χ2n) is 4.61. The fourth-order valence-corrected chi connectivity index (χ4v) is 2.41. The second kappa shape index (κ2) is 6.84. The molecule has 7 heteroatoms. The van der Waals surface area contributed by atoms with E-state index in [1.54, 1.807) is 31.2 Å². The third kappa shape index (κ3) is 3.69. The van der Waals surface area contributed by atoms with Crippen molar-refractivity contribution < 1.29 is 9.53 Å². The van der Waals surface area contributed by atoms with E-state index in [4.69, 9.17) is 10.5 Å². The highest BCUT2D eigenvalue weighted by Crippen LogP contribution is 2.26. The average Bonchev–Trinajstić information content (AvgIpc) is 2.88. The maximum Gasteiger partial charge on any atom is 0.246 e. The second-order valence-corrected chi connectivity index (χ2v) is 5.47. The van der Waals surface area contributed by atoms with Crippen molar-refractivity contribution >= 4 is 27.5 Å². The predicted molar refractivity (Wildman–Crippen MR) is 83.6 cm³/mol. The summed E-state index contributed by atoms with van der Waals surface area (Å²) in [4.78, 5) is 12.3. The number of aromatic nitrogens is 2. The molecule has 1 aromatic carbocycles. The van der Waals surface area contributed by atoms with Crippen LogP contribution in [0.1, 0.15) is 17.2 Å². The minimum Gasteiger partial charge on any atom is -0.380 e. The lowest BCUT2D eigenvalue weighted by Gasteiger charge is -2.15. The van der Waals surface area contributed by atoms with Crippen LogP contribution in [0.5, 0.6) is 0 Å². The number of ether oxygens (including phenoxy) is 1. The van der Waals surface area contributed by atoms with Crippen molar-refractivity contribution in [3.8, 4) is 0 Å². The molecular weight excluding hydrogens is 336 g/mol. The molecule has 1 aromatic heterocycles. The van der Waals surface area contributed by atoms with E-state index in [0.29, 0.717) is 17.9 Å². The van der Waals surface area contributed by atoms with Gasteiger partial charge in [-0.05, 0) is 12.1 Å². The summed E-state index contributed by atoms with van der Waals surface area (Å²) in [6, 6.07) is 4.78. The van der Waals surface area contributed by atoms with E-state index in [-0.39, 0.29) is 5.91 Å². The van der Waals surface area contributed by atoms with E-state index in [0.717, 1.165) is 10.0 Å². The smallest absolute Gasteiger partial charge is 0.246 e. The van der Waals surface area contributed by atoms with Gasteiger partial charge in [0, 0.05) is 41.6 Å². The highest BCUT2D eigenvalue weighted by atomic mass is 79.9. The summed E-state index contributed by atoms with van der Waals surface area (Å²) in [7, 11) is 3.38. The van der Waals surface area contributed by atoms with Gasteiger partial charge in [0.05, 0.1) is 12.8 Å². The van der Waals surface area contributed by atoms with E-state index in [9.17, 15) is 4.79 Å². The Balaban J connectivity index is 2.18. The summed E-state index contributed by atoms with van der Waals surface area (Å²) in [6.07, 6.45) is 3.31. The molecule has 1 unspecified atom stereocenters. The number of halogens is 1. The molecule has 2 rings (SSSR count). The van der Waals surface area contributed by atoms with Gasteiger partial charge in [0.25, 0.3) is 0 Å². The number of aryl methyl sites for hydroxylation is 1. The molecule has 112 valence electrons. The molecule has 0 bridgehead atoms. The maximum absolute atomic E-state index is 12.3. The molecule has 0 spiro atoms. The van der Waals surface area contributed by atoms with Crippen LogP contribution < -0.4 is 11.1 Å². The molecule has 2 aromatic rings. The van der Waals surface area contributed by atoms with E-state index in [1.165, 1.54) is 0 Å². The van der Waals surface area contributed by atoms with Gasteiger partial charge in [-0.3, -0.25) is 9.48 Å². The van der Waals surface area contributed by atoms with E-state index in [2.05, 4.69) is 26.3 Å². The fourth-order valence-electron chi connectivity index (χ4n) is 1.93. The van der Waals surface area contributed by atoms with Crippen LogP contribution in [0, 0.1) is 0 Å². The minimum absolute atomic E-state index is 0.293. The highest BCUT2D eigenvalue weighted by molar-refractivity contribution is 9.10. The Morgan fingerprint density at radius 1 is 1.57 bits per heavy atom. The molecule has 3 N–H and O–H groups in total. The number of carbonyl (C=O) groups is 1. The Morgan fingerprint density at radius 2 is 2.33 bits per heavy atom. The number of amides is 1. The Bertz CT molecular complexity index is 642. The highest BCUT2D eigenvalue weighted by Gasteiger charge is 2.19. The Hall–Kier alpha value is -1.70. The largest absolute Gasteiger partial charge is 0.380 e. The van der Waals surface area contributed by atoms with Gasteiger partial charge < -0.3 is 15.8 Å². The lowest BCUT2D eigenvalue weighted by atomic mass is 10.1. The van der Waals surface area contributed by atoms with Crippen LogP contribution >= 0.6 is 15.9 Å². The topological polar surface area (TPSA) is 82.2 Å². The number of nitrogens with one attached hydrogen (secondary N) is 1. The number of methoxy groups -OCH3 is 1. The first-order valence-corrected chi connectivity index (χ1v) is 7.13. The van der Waals surface area contributed by atoms with Gasteiger partial charge >= 0.3 is 0 Å². The first kappa shape index (κ1) is 15.7. The monoisotopic (exact) mass is 352 g/mol. The summed E-state index contributed by atoms with van der Waals surface area (Å²) < 4.78 is 7.63. The van der Waals surface area contributed by atoms with Crippen LogP contribution in [-0.4, -0.2) is 22.8 Å². The van der Waals surface area contributed by atoms with Gasteiger partial charge in [0.2, 0.25) is 5.91 Å². The van der Waals surface area contributed by atoms with Crippen LogP contribution in [0.4, 0.5) is 5.69 Å². The molecule has 0 fully saturated rings. The average molecular weight is 353 g/mol. The lowest BCUT2D eigenvalue weighted by Crippen LogP contribution is -2.28. The molecule has 0 saturated carbocycles. The standard InChI is InChI=1S/C14H17BrN4O2/c1-19-7-9(6-17-19)13(16)14(20)18-12-5-3-4-11(15)10(12)8-21-2/h3-7,13H,8,16H2,1-2H3,(H,18,20). The van der Waals surface area contributed by atoms with Gasteiger partial charge in [-0.1, -0.05) is 22.0 Å². The maximum atomic E-state index is 12.3. The number of nitrogens with two attached hydrogens (primary N) is 1. The number of rotatable bonds is 5. The molecule has 0 aliphatic rings. The summed E-state index contributed by atoms with van der Waals surface area (Å²) in [6.45, 7) is 0.388. The van der Waals surface area contributed by atoms with Crippen LogP contribution in [0.15, 0.2) is 35.1 Å². The zero-order chi connectivity index (χ0) is 15.4. The summed E-state index contributed by atoms with van der Waals surface area (Å²) in [5.41, 5.74) is 8.16. The SMILES string of the molecule is COCc1c(Br)cccc1NC(=O)C(N)c1cnn(C)c1. The quantitative estimate of drug-likeness (QED) is 0.861. The number of anilines is 1. The lowest BCUT2D eigenvalue weighted by molar-refractivity contribution is -0.117. The normalized spacial score (nSPS) is 12.2. The molecule has 1 heterocycles. The molecule has 0 radical (unpaired) electrons. The number of carbonyl (C=O) groups excluding carboxylic acids is 1. The number of benzene rings is 1. The number of nitrogens with zero attached hydrogens (tertiary/aromatic N) is 2. The summed E-state index contributed by atoms with van der Waals surface area (Å²) >= 11 is 3.45. The number of hydrogen-bond acceptors (Lipinski definition) is 4. The molecule has 21 heavy (non-hydrogen) atoms. The van der Waals surface area contributed by atoms with E-state index < -0.39 is 6.04 Å². The van der Waals surface area contributed by atoms with Crippen molar-refractivity contribution in [2.24, 2.45) is 12.8 Å². The molecule has 6 nitrogen and oxygen atoms in total. The first-order chi connectivity index (χ1) is 10.0. The van der Waals surface area contributed by atoms with Gasteiger partial charge in [0.15, 0.2) is 0 Å². The Labute approximate surface area is 131 Å². The zero-order valence-electron chi connectivity index (χ0n) is 11.8. The Morgan fingerprint density at radius 3 is 2.95 bits per heavy atom. The predicted octanol–water partition coefficient (Wildman–Crippen LogP) is 1.97. The summed E-state index contributed by atoms with van der Waals surface area (Å²) in [5, 5.41) is 6.85. The van der Waals surface area contributed by atoms with E-state index in [1.807, 2.05) is 18.2 Å². The molecule has 0 aliphatic heterocycles. The minimum atomic E-state index is -0.770. The third-order valence-electron chi connectivity index (χ3n) is 3.03. The van der Waals surface area contributed by atoms with Crippen LogP contribution in [0.25, 0.3) is 0 Å². The zero-order valence-corrected chi connectivity index (χ0v) is 13.4. The van der Waals surface area contributed by atoms with Gasteiger partial charge in [-0.25, -0.2) is 0 Å². The van der Waals surface area contributed by atoms with Crippen molar-refractivity contribution in [3.05, 3.63) is 46.2 Å². The summed E-state index contributed by atoms with van der Waals surface area (Å²) in [5.74, 6) is -0.293. The van der Waals surface area contributed by atoms with Crippen molar-refractivity contribution in [3.63, 3.8) is 0 Å². The molecule has 0 saturated heterocycles. The van der Waals surface area contributed by atoms with Crippen LogP contribution in [0.2, 0.25) is 0 Å². The molecule has 1 atom stereocenters.